The number of hydrogen-bond donors (Lipinski definition) is 3. The molecule has 4 nitrogen and oxygen atoms in total. The Balaban J connectivity index is 2.19. The number of alkyl halides is 1. The first kappa shape index (κ1) is 12.2. The average Bonchev–Trinajstić information content (AvgIpc) is 2.38. The molecule has 0 aromatic heterocycles. The van der Waals surface area contributed by atoms with Crippen LogP contribution in [0.1, 0.15) is 6.42 Å². The zero-order valence-electron chi connectivity index (χ0n) is 9.72. The van der Waals surface area contributed by atoms with Crippen molar-refractivity contribution in [1.29, 1.82) is 0 Å². The largest absolute Gasteiger partial charge is 0.361 e. The predicted octanol–water partition coefficient (Wildman–Crippen LogP) is 0.630. The lowest BCUT2D eigenvalue weighted by molar-refractivity contribution is -0.117. The highest BCUT2D eigenvalue weighted by atomic mass is 35.5. The van der Waals surface area contributed by atoms with E-state index in [0.717, 1.165) is 25.1 Å². The molecule has 2 rings (SSSR count). The fraction of sp³-hybridized carbons (Fsp3) is 0.417. The number of carbonyl (C=O) groups excluding carboxylic acids is 1. The number of allylic oxidation sites excluding steroid dienone is 2. The van der Waals surface area contributed by atoms with Gasteiger partial charge in [-0.05, 0) is 30.2 Å². The number of dihydropyridines is 1. The lowest BCUT2D eigenvalue weighted by atomic mass is 9.97. The predicted molar refractivity (Wildman–Crippen MR) is 68.6 cm³/mol. The number of likely N-dealkylation sites (N-methyl/N-ethyl adjacent to an activating group) is 1. The maximum Gasteiger partial charge on any atom is 0.267 e. The molecule has 1 atom stereocenters. The molecule has 2 aliphatic rings. The molecule has 0 saturated heterocycles. The molecule has 0 fully saturated rings. The number of amides is 1. The van der Waals surface area contributed by atoms with E-state index in [1.54, 1.807) is 13.1 Å². The third-order valence-corrected chi connectivity index (χ3v) is 3.24. The van der Waals surface area contributed by atoms with Crippen LogP contribution in [0.15, 0.2) is 35.1 Å². The number of nitrogens with one attached hydrogen (secondary N) is 3. The minimum absolute atomic E-state index is 0.148. The van der Waals surface area contributed by atoms with Crippen LogP contribution in [0.2, 0.25) is 0 Å². The highest BCUT2D eigenvalue weighted by Gasteiger charge is 2.22. The maximum atomic E-state index is 11.4. The van der Waals surface area contributed by atoms with E-state index in [9.17, 15) is 4.79 Å². The lowest BCUT2D eigenvalue weighted by Crippen LogP contribution is -2.37. The zero-order chi connectivity index (χ0) is 12.3. The van der Waals surface area contributed by atoms with E-state index in [0.29, 0.717) is 5.70 Å². The monoisotopic (exact) mass is 253 g/mol. The minimum atomic E-state index is -0.336. The molecule has 0 spiro atoms. The van der Waals surface area contributed by atoms with Gasteiger partial charge in [-0.3, -0.25) is 4.79 Å². The first-order valence-corrected chi connectivity index (χ1v) is 6.10. The molecule has 3 N–H and O–H groups in total. The van der Waals surface area contributed by atoms with Crippen molar-refractivity contribution >= 4 is 17.5 Å². The van der Waals surface area contributed by atoms with Gasteiger partial charge in [0.05, 0.1) is 0 Å². The van der Waals surface area contributed by atoms with Crippen LogP contribution < -0.4 is 16.0 Å². The molecular weight excluding hydrogens is 238 g/mol. The summed E-state index contributed by atoms with van der Waals surface area (Å²) in [5, 5.41) is 8.82. The second kappa shape index (κ2) is 5.38. The van der Waals surface area contributed by atoms with E-state index in [1.807, 2.05) is 6.08 Å². The van der Waals surface area contributed by atoms with Crippen LogP contribution in [0.3, 0.4) is 0 Å². The second-order valence-corrected chi connectivity index (χ2v) is 4.41. The lowest BCUT2D eigenvalue weighted by Gasteiger charge is -2.25. The first-order chi connectivity index (χ1) is 8.22. The van der Waals surface area contributed by atoms with Crippen molar-refractivity contribution in [3.05, 3.63) is 35.1 Å². The Morgan fingerprint density at radius 2 is 2.35 bits per heavy atom. The molecule has 2 aliphatic heterocycles. The van der Waals surface area contributed by atoms with E-state index in [4.69, 9.17) is 11.6 Å². The smallest absolute Gasteiger partial charge is 0.267 e. The molecule has 17 heavy (non-hydrogen) atoms. The molecule has 0 aromatic rings. The number of rotatable bonds is 2. The molecule has 1 amide bonds. The van der Waals surface area contributed by atoms with E-state index in [-0.39, 0.29) is 11.4 Å². The van der Waals surface area contributed by atoms with Crippen LogP contribution in [0, 0.1) is 0 Å². The molecule has 0 radical (unpaired) electrons. The van der Waals surface area contributed by atoms with Crippen molar-refractivity contribution in [3.63, 3.8) is 0 Å². The van der Waals surface area contributed by atoms with Gasteiger partial charge in [0.1, 0.15) is 11.2 Å². The first-order valence-electron chi connectivity index (χ1n) is 5.67. The summed E-state index contributed by atoms with van der Waals surface area (Å²) >= 11 is 6.25. The summed E-state index contributed by atoms with van der Waals surface area (Å²) < 4.78 is 0. The van der Waals surface area contributed by atoms with Crippen LogP contribution in [-0.4, -0.2) is 31.5 Å². The SMILES string of the molecule is CNC(=O)C1=CC=C(C2=CCNCC2)C(Cl)N1. The maximum absolute atomic E-state index is 11.4. The third kappa shape index (κ3) is 2.70. The van der Waals surface area contributed by atoms with Gasteiger partial charge >= 0.3 is 0 Å². The van der Waals surface area contributed by atoms with E-state index < -0.39 is 0 Å². The van der Waals surface area contributed by atoms with E-state index >= 15 is 0 Å². The molecule has 92 valence electrons. The fourth-order valence-electron chi connectivity index (χ4n) is 1.95. The Hall–Kier alpha value is -1.26. The van der Waals surface area contributed by atoms with Gasteiger partial charge in [0, 0.05) is 13.6 Å². The summed E-state index contributed by atoms with van der Waals surface area (Å²) in [6.07, 6.45) is 6.82. The standard InChI is InChI=1S/C12H16ClN3O/c1-14-12(17)10-3-2-9(11(13)16-10)8-4-6-15-7-5-8/h2-4,11,15-16H,5-7H2,1H3,(H,14,17). The van der Waals surface area contributed by atoms with Gasteiger partial charge in [-0.25, -0.2) is 0 Å². The zero-order valence-corrected chi connectivity index (χ0v) is 10.5. The van der Waals surface area contributed by atoms with Gasteiger partial charge < -0.3 is 16.0 Å². The van der Waals surface area contributed by atoms with Crippen molar-refractivity contribution in [2.45, 2.75) is 11.9 Å². The summed E-state index contributed by atoms with van der Waals surface area (Å²) in [6.45, 7) is 1.85. The Bertz CT molecular complexity index is 412. The topological polar surface area (TPSA) is 53.2 Å². The number of hydrogen-bond acceptors (Lipinski definition) is 3. The van der Waals surface area contributed by atoms with Gasteiger partial charge in [-0.2, -0.15) is 0 Å². The quantitative estimate of drug-likeness (QED) is 0.500. The van der Waals surface area contributed by atoms with Gasteiger partial charge in [-0.1, -0.05) is 23.8 Å². The number of carbonyl (C=O) groups is 1. The van der Waals surface area contributed by atoms with Crippen LogP contribution in [0.5, 0.6) is 0 Å². The van der Waals surface area contributed by atoms with Crippen molar-refractivity contribution in [3.8, 4) is 0 Å². The summed E-state index contributed by atoms with van der Waals surface area (Å²) in [5.41, 5.74) is 2.48. The Morgan fingerprint density at radius 1 is 1.53 bits per heavy atom. The molecule has 5 heteroatoms. The van der Waals surface area contributed by atoms with Crippen molar-refractivity contribution in [2.75, 3.05) is 20.1 Å². The Labute approximate surface area is 106 Å². The molecule has 0 aromatic carbocycles. The van der Waals surface area contributed by atoms with Crippen molar-refractivity contribution < 1.29 is 4.79 Å². The van der Waals surface area contributed by atoms with E-state index in [2.05, 4.69) is 22.0 Å². The van der Waals surface area contributed by atoms with Crippen molar-refractivity contribution in [1.82, 2.24) is 16.0 Å². The molecular formula is C12H16ClN3O. The van der Waals surface area contributed by atoms with Gasteiger partial charge in [0.2, 0.25) is 0 Å². The molecule has 1 unspecified atom stereocenters. The second-order valence-electron chi connectivity index (χ2n) is 3.97. The van der Waals surface area contributed by atoms with Gasteiger partial charge in [0.25, 0.3) is 5.91 Å². The van der Waals surface area contributed by atoms with E-state index in [1.165, 1.54) is 5.57 Å². The Morgan fingerprint density at radius 3 is 2.94 bits per heavy atom. The van der Waals surface area contributed by atoms with Crippen LogP contribution in [0.4, 0.5) is 0 Å². The summed E-state index contributed by atoms with van der Waals surface area (Å²) in [5.74, 6) is -0.148. The van der Waals surface area contributed by atoms with Crippen LogP contribution in [0.25, 0.3) is 0 Å². The molecule has 0 bridgehead atoms. The summed E-state index contributed by atoms with van der Waals surface area (Å²) in [4.78, 5) is 11.4. The minimum Gasteiger partial charge on any atom is -0.361 e. The molecule has 0 aliphatic carbocycles. The van der Waals surface area contributed by atoms with Crippen LogP contribution >= 0.6 is 11.6 Å². The Kier molecular flexibility index (Phi) is 3.86. The third-order valence-electron chi connectivity index (χ3n) is 2.89. The highest BCUT2D eigenvalue weighted by molar-refractivity contribution is 6.23. The van der Waals surface area contributed by atoms with Gasteiger partial charge in [0.15, 0.2) is 0 Å². The van der Waals surface area contributed by atoms with Crippen LogP contribution in [-0.2, 0) is 4.79 Å². The molecule has 0 saturated carbocycles. The number of halogens is 1. The summed E-state index contributed by atoms with van der Waals surface area (Å²) in [6, 6.07) is 0. The fourth-order valence-corrected chi connectivity index (χ4v) is 2.28. The van der Waals surface area contributed by atoms with Gasteiger partial charge in [-0.15, -0.1) is 0 Å². The summed E-state index contributed by atoms with van der Waals surface area (Å²) in [7, 11) is 1.60. The van der Waals surface area contributed by atoms with Crippen molar-refractivity contribution in [2.24, 2.45) is 0 Å². The molecule has 2 heterocycles. The normalized spacial score (nSPS) is 24.1. The average molecular weight is 254 g/mol. The highest BCUT2D eigenvalue weighted by Crippen LogP contribution is 2.25.